The maximum atomic E-state index is 12.4. The number of nitriles is 1. The summed E-state index contributed by atoms with van der Waals surface area (Å²) in [6.45, 7) is 0. The zero-order valence-electron chi connectivity index (χ0n) is 11.6. The maximum absolute atomic E-state index is 12.4. The van der Waals surface area contributed by atoms with Gasteiger partial charge in [0, 0.05) is 6.20 Å². The SMILES string of the molecule is N#CC1(NC(=O)c2ccc3nnnn3c2)CCCCCC1. The van der Waals surface area contributed by atoms with E-state index in [1.165, 1.54) is 4.52 Å². The van der Waals surface area contributed by atoms with Gasteiger partial charge in [-0.05, 0) is 35.4 Å². The Labute approximate surface area is 121 Å². The normalized spacial score (nSPS) is 17.9. The second kappa shape index (κ2) is 5.48. The lowest BCUT2D eigenvalue weighted by Gasteiger charge is -2.26. The Morgan fingerprint density at radius 3 is 2.76 bits per heavy atom. The predicted molar refractivity (Wildman–Crippen MR) is 74.3 cm³/mol. The van der Waals surface area contributed by atoms with Gasteiger partial charge in [0.15, 0.2) is 5.65 Å². The maximum Gasteiger partial charge on any atom is 0.254 e. The summed E-state index contributed by atoms with van der Waals surface area (Å²) in [6.07, 6.45) is 7.18. The van der Waals surface area contributed by atoms with Gasteiger partial charge < -0.3 is 5.32 Å². The number of nitrogens with one attached hydrogen (secondary N) is 1. The van der Waals surface area contributed by atoms with E-state index in [1.807, 2.05) is 0 Å². The van der Waals surface area contributed by atoms with E-state index in [0.717, 1.165) is 25.7 Å². The summed E-state index contributed by atoms with van der Waals surface area (Å²) in [5.41, 5.74) is 0.285. The van der Waals surface area contributed by atoms with Gasteiger partial charge in [0.2, 0.25) is 0 Å². The number of carbonyl (C=O) groups excluding carboxylic acids is 1. The van der Waals surface area contributed by atoms with E-state index in [-0.39, 0.29) is 5.91 Å². The van der Waals surface area contributed by atoms with Crippen molar-refractivity contribution in [3.05, 3.63) is 23.9 Å². The molecule has 0 atom stereocenters. The molecule has 0 saturated heterocycles. The Hall–Kier alpha value is -2.49. The fraction of sp³-hybridized carbons (Fsp3) is 0.500. The molecule has 0 aliphatic heterocycles. The zero-order valence-corrected chi connectivity index (χ0v) is 11.6. The molecule has 108 valence electrons. The van der Waals surface area contributed by atoms with Gasteiger partial charge >= 0.3 is 0 Å². The molecular formula is C14H16N6O. The first-order valence-corrected chi connectivity index (χ1v) is 7.14. The van der Waals surface area contributed by atoms with Crippen molar-refractivity contribution in [3.63, 3.8) is 0 Å². The van der Waals surface area contributed by atoms with Crippen LogP contribution in [0.4, 0.5) is 0 Å². The minimum atomic E-state index is -0.747. The fourth-order valence-corrected chi connectivity index (χ4v) is 2.76. The number of pyridine rings is 1. The molecule has 2 aromatic heterocycles. The van der Waals surface area contributed by atoms with Crippen LogP contribution in [-0.2, 0) is 0 Å². The van der Waals surface area contributed by atoms with Crippen LogP contribution in [0.2, 0.25) is 0 Å². The van der Waals surface area contributed by atoms with Crippen molar-refractivity contribution in [1.29, 1.82) is 5.26 Å². The van der Waals surface area contributed by atoms with E-state index in [2.05, 4.69) is 26.9 Å². The van der Waals surface area contributed by atoms with Crippen LogP contribution in [0.1, 0.15) is 48.9 Å². The third-order valence-corrected chi connectivity index (χ3v) is 3.98. The van der Waals surface area contributed by atoms with Gasteiger partial charge in [-0.2, -0.15) is 9.78 Å². The summed E-state index contributed by atoms with van der Waals surface area (Å²) >= 11 is 0. The number of tetrazole rings is 1. The van der Waals surface area contributed by atoms with Crippen molar-refractivity contribution < 1.29 is 4.79 Å². The summed E-state index contributed by atoms with van der Waals surface area (Å²) in [7, 11) is 0. The first kappa shape index (κ1) is 13.5. The Kier molecular flexibility index (Phi) is 3.52. The predicted octanol–water partition coefficient (Wildman–Crippen LogP) is 1.47. The van der Waals surface area contributed by atoms with E-state index in [4.69, 9.17) is 0 Å². The lowest BCUT2D eigenvalue weighted by molar-refractivity contribution is 0.0912. The molecule has 7 nitrogen and oxygen atoms in total. The van der Waals surface area contributed by atoms with Crippen LogP contribution in [-0.4, -0.2) is 31.5 Å². The number of carbonyl (C=O) groups is 1. The number of hydrogen-bond acceptors (Lipinski definition) is 5. The Bertz CT molecular complexity index is 693. The molecule has 21 heavy (non-hydrogen) atoms. The molecule has 1 aliphatic carbocycles. The van der Waals surface area contributed by atoms with E-state index in [9.17, 15) is 10.1 Å². The first-order chi connectivity index (χ1) is 10.2. The third-order valence-electron chi connectivity index (χ3n) is 3.98. The smallest absolute Gasteiger partial charge is 0.254 e. The van der Waals surface area contributed by atoms with Crippen LogP contribution in [0.15, 0.2) is 18.3 Å². The largest absolute Gasteiger partial charge is 0.334 e. The number of amides is 1. The Balaban J connectivity index is 1.82. The minimum absolute atomic E-state index is 0.254. The molecule has 0 aromatic carbocycles. The highest BCUT2D eigenvalue weighted by molar-refractivity contribution is 5.94. The number of fused-ring (bicyclic) bond motifs is 1. The van der Waals surface area contributed by atoms with E-state index in [0.29, 0.717) is 24.1 Å². The lowest BCUT2D eigenvalue weighted by Crippen LogP contribution is -2.47. The molecule has 3 rings (SSSR count). The van der Waals surface area contributed by atoms with E-state index < -0.39 is 5.54 Å². The van der Waals surface area contributed by atoms with Crippen LogP contribution in [0.25, 0.3) is 5.65 Å². The average molecular weight is 284 g/mol. The molecule has 1 fully saturated rings. The molecular weight excluding hydrogens is 268 g/mol. The number of hydrogen-bond donors (Lipinski definition) is 1. The van der Waals surface area contributed by atoms with Crippen LogP contribution >= 0.6 is 0 Å². The van der Waals surface area contributed by atoms with E-state index >= 15 is 0 Å². The van der Waals surface area contributed by atoms with Crippen molar-refractivity contribution in [3.8, 4) is 6.07 Å². The monoisotopic (exact) mass is 284 g/mol. The van der Waals surface area contributed by atoms with Crippen LogP contribution in [0.5, 0.6) is 0 Å². The van der Waals surface area contributed by atoms with Crippen LogP contribution in [0.3, 0.4) is 0 Å². The summed E-state index contributed by atoms with van der Waals surface area (Å²) < 4.78 is 1.45. The molecule has 1 amide bonds. The van der Waals surface area contributed by atoms with Gasteiger partial charge in [0.05, 0.1) is 11.6 Å². The highest BCUT2D eigenvalue weighted by Gasteiger charge is 2.32. The molecule has 0 radical (unpaired) electrons. The average Bonchev–Trinajstić information content (AvgIpc) is 2.85. The Morgan fingerprint density at radius 2 is 2.05 bits per heavy atom. The molecule has 7 heteroatoms. The minimum Gasteiger partial charge on any atom is -0.334 e. The van der Waals surface area contributed by atoms with Gasteiger partial charge in [0.25, 0.3) is 5.91 Å². The van der Waals surface area contributed by atoms with Gasteiger partial charge in [-0.3, -0.25) is 4.79 Å². The zero-order chi connectivity index (χ0) is 14.7. The van der Waals surface area contributed by atoms with Crippen LogP contribution in [0, 0.1) is 11.3 Å². The molecule has 2 heterocycles. The molecule has 0 bridgehead atoms. The number of aromatic nitrogens is 4. The van der Waals surface area contributed by atoms with Crippen LogP contribution < -0.4 is 5.32 Å². The highest BCUT2D eigenvalue weighted by Crippen LogP contribution is 2.26. The third kappa shape index (κ3) is 2.70. The van der Waals surface area contributed by atoms with Crippen molar-refractivity contribution in [2.45, 2.75) is 44.1 Å². The standard InChI is InChI=1S/C14H16N6O/c15-10-14(7-3-1-2-4-8-14)16-13(21)11-5-6-12-17-18-19-20(12)9-11/h5-6,9H,1-4,7-8H2,(H,16,21). The quantitative estimate of drug-likeness (QED) is 0.842. The second-order valence-electron chi connectivity index (χ2n) is 5.46. The van der Waals surface area contributed by atoms with Crippen molar-refractivity contribution >= 4 is 11.6 Å². The van der Waals surface area contributed by atoms with Crippen molar-refractivity contribution in [2.75, 3.05) is 0 Å². The van der Waals surface area contributed by atoms with Gasteiger partial charge in [0.1, 0.15) is 5.54 Å². The molecule has 1 saturated carbocycles. The Morgan fingerprint density at radius 1 is 1.29 bits per heavy atom. The summed E-state index contributed by atoms with van der Waals surface area (Å²) in [4.78, 5) is 12.4. The van der Waals surface area contributed by atoms with Gasteiger partial charge in [-0.1, -0.05) is 25.7 Å². The fourth-order valence-electron chi connectivity index (χ4n) is 2.76. The van der Waals surface area contributed by atoms with Crippen molar-refractivity contribution in [2.24, 2.45) is 0 Å². The molecule has 0 spiro atoms. The lowest BCUT2D eigenvalue weighted by atomic mass is 9.91. The second-order valence-corrected chi connectivity index (χ2v) is 5.46. The number of nitrogens with zero attached hydrogens (tertiary/aromatic N) is 5. The highest BCUT2D eigenvalue weighted by atomic mass is 16.1. The number of rotatable bonds is 2. The topological polar surface area (TPSA) is 96.0 Å². The summed E-state index contributed by atoms with van der Waals surface area (Å²) in [5.74, 6) is -0.254. The van der Waals surface area contributed by atoms with Gasteiger partial charge in [-0.25, -0.2) is 0 Å². The summed E-state index contributed by atoms with van der Waals surface area (Å²) in [5, 5.41) is 23.5. The summed E-state index contributed by atoms with van der Waals surface area (Å²) in [6, 6.07) is 5.66. The van der Waals surface area contributed by atoms with Crippen molar-refractivity contribution in [1.82, 2.24) is 25.4 Å². The molecule has 1 N–H and O–H groups in total. The molecule has 2 aromatic rings. The first-order valence-electron chi connectivity index (χ1n) is 7.14. The van der Waals surface area contributed by atoms with E-state index in [1.54, 1.807) is 18.3 Å². The van der Waals surface area contributed by atoms with Gasteiger partial charge in [-0.15, -0.1) is 5.10 Å². The molecule has 1 aliphatic rings. The molecule has 0 unspecified atom stereocenters.